The lowest BCUT2D eigenvalue weighted by atomic mass is 9.95. The number of nitrogens with zero attached hydrogens (tertiary/aromatic N) is 2. The summed E-state index contributed by atoms with van der Waals surface area (Å²) < 4.78 is 54.1. The molecule has 0 unspecified atom stereocenters. The monoisotopic (exact) mass is 427 g/mol. The van der Waals surface area contributed by atoms with Crippen molar-refractivity contribution in [2.24, 2.45) is 0 Å². The average Bonchev–Trinajstić information content (AvgIpc) is 2.69. The fourth-order valence-electron chi connectivity index (χ4n) is 3.29. The van der Waals surface area contributed by atoms with E-state index in [2.05, 4.69) is 25.9 Å². The minimum atomic E-state index is -4.65. The van der Waals surface area contributed by atoms with Gasteiger partial charge in [0.25, 0.3) is 5.91 Å². The van der Waals surface area contributed by atoms with Crippen LogP contribution < -0.4 is 16.0 Å². The molecule has 1 saturated carbocycles. The zero-order valence-corrected chi connectivity index (χ0v) is 16.1. The number of anilines is 3. The number of aromatic hydroxyl groups is 1. The maximum absolute atomic E-state index is 13.9. The van der Waals surface area contributed by atoms with Crippen LogP contribution in [0.4, 0.5) is 35.0 Å². The van der Waals surface area contributed by atoms with Crippen LogP contribution in [-0.2, 0) is 6.18 Å². The molecule has 0 spiro atoms. The number of nitrogens with one attached hydrogen (secondary N) is 3. The van der Waals surface area contributed by atoms with Crippen LogP contribution in [0.2, 0.25) is 0 Å². The summed E-state index contributed by atoms with van der Waals surface area (Å²) in [4.78, 5) is 19.3. The largest absolute Gasteiger partial charge is 0.506 e. The maximum atomic E-state index is 13.9. The van der Waals surface area contributed by atoms with Crippen molar-refractivity contribution in [2.45, 2.75) is 44.3 Å². The van der Waals surface area contributed by atoms with Crippen molar-refractivity contribution in [1.82, 2.24) is 15.3 Å². The van der Waals surface area contributed by atoms with E-state index >= 15 is 0 Å². The Morgan fingerprint density at radius 3 is 2.53 bits per heavy atom. The fourth-order valence-corrected chi connectivity index (χ4v) is 3.29. The molecule has 0 aliphatic heterocycles. The number of rotatable bonds is 5. The first kappa shape index (κ1) is 21.6. The number of hydrogen-bond donors (Lipinski definition) is 4. The predicted molar refractivity (Wildman–Crippen MR) is 102 cm³/mol. The highest BCUT2D eigenvalue weighted by Crippen LogP contribution is 2.36. The topological polar surface area (TPSA) is 99.2 Å². The van der Waals surface area contributed by atoms with E-state index in [4.69, 9.17) is 0 Å². The number of hydrogen-bond acceptors (Lipinski definition) is 6. The van der Waals surface area contributed by atoms with Crippen molar-refractivity contribution < 1.29 is 27.5 Å². The van der Waals surface area contributed by atoms with Crippen LogP contribution in [0, 0.1) is 5.82 Å². The highest BCUT2D eigenvalue weighted by atomic mass is 19.4. The van der Waals surface area contributed by atoms with Crippen molar-refractivity contribution in [3.05, 3.63) is 35.3 Å². The SMILES string of the molecule is CNC(=O)c1cc(Nc2ncc(C(F)(F)F)c(NC3CCCCC3)n2)c(O)cc1F. The minimum absolute atomic E-state index is 0.127. The molecule has 1 amide bonds. The van der Waals surface area contributed by atoms with Crippen molar-refractivity contribution >= 4 is 23.4 Å². The molecule has 3 rings (SSSR count). The Morgan fingerprint density at radius 1 is 1.20 bits per heavy atom. The van der Waals surface area contributed by atoms with Gasteiger partial charge in [-0.05, 0) is 18.9 Å². The zero-order chi connectivity index (χ0) is 21.9. The fraction of sp³-hybridized carbons (Fsp3) is 0.421. The van der Waals surface area contributed by atoms with Gasteiger partial charge in [0.2, 0.25) is 5.95 Å². The lowest BCUT2D eigenvalue weighted by molar-refractivity contribution is -0.137. The molecule has 1 heterocycles. The Morgan fingerprint density at radius 2 is 1.90 bits per heavy atom. The third kappa shape index (κ3) is 4.89. The lowest BCUT2D eigenvalue weighted by Crippen LogP contribution is -2.25. The molecule has 30 heavy (non-hydrogen) atoms. The van der Waals surface area contributed by atoms with Gasteiger partial charge in [-0.1, -0.05) is 19.3 Å². The van der Waals surface area contributed by atoms with Gasteiger partial charge in [0, 0.05) is 25.4 Å². The van der Waals surface area contributed by atoms with Crippen LogP contribution >= 0.6 is 0 Å². The Kier molecular flexibility index (Phi) is 6.28. The van der Waals surface area contributed by atoms with Crippen molar-refractivity contribution in [1.29, 1.82) is 0 Å². The summed E-state index contributed by atoms with van der Waals surface area (Å²) in [5.74, 6) is -2.86. The molecule has 1 fully saturated rings. The average molecular weight is 427 g/mol. The van der Waals surface area contributed by atoms with E-state index in [9.17, 15) is 27.5 Å². The summed E-state index contributed by atoms with van der Waals surface area (Å²) >= 11 is 0. The second-order valence-corrected chi connectivity index (χ2v) is 6.99. The van der Waals surface area contributed by atoms with Gasteiger partial charge in [-0.2, -0.15) is 18.2 Å². The molecular weight excluding hydrogens is 406 g/mol. The molecule has 1 aromatic heterocycles. The van der Waals surface area contributed by atoms with Crippen molar-refractivity contribution in [2.75, 3.05) is 17.7 Å². The minimum Gasteiger partial charge on any atom is -0.506 e. The van der Waals surface area contributed by atoms with Crippen molar-refractivity contribution in [3.63, 3.8) is 0 Å². The van der Waals surface area contributed by atoms with Crippen LogP contribution in [0.3, 0.4) is 0 Å². The highest BCUT2D eigenvalue weighted by Gasteiger charge is 2.36. The summed E-state index contributed by atoms with van der Waals surface area (Å²) in [6.07, 6.45) is 0.331. The molecule has 11 heteroatoms. The molecule has 0 saturated heterocycles. The third-order valence-corrected chi connectivity index (χ3v) is 4.84. The van der Waals surface area contributed by atoms with Gasteiger partial charge >= 0.3 is 6.18 Å². The number of carbonyl (C=O) groups excluding carboxylic acids is 1. The van der Waals surface area contributed by atoms with Crippen LogP contribution in [0.1, 0.15) is 48.0 Å². The van der Waals surface area contributed by atoms with Gasteiger partial charge in [0.15, 0.2) is 0 Å². The van der Waals surface area contributed by atoms with E-state index in [1.807, 2.05) is 0 Å². The first-order valence-corrected chi connectivity index (χ1v) is 9.41. The van der Waals surface area contributed by atoms with Gasteiger partial charge < -0.3 is 21.1 Å². The first-order valence-electron chi connectivity index (χ1n) is 9.41. The molecule has 162 valence electrons. The molecule has 1 aliphatic carbocycles. The van der Waals surface area contributed by atoms with E-state index in [0.717, 1.165) is 44.2 Å². The molecule has 0 atom stereocenters. The van der Waals surface area contributed by atoms with Gasteiger partial charge in [0.1, 0.15) is 22.9 Å². The molecule has 1 aliphatic rings. The zero-order valence-electron chi connectivity index (χ0n) is 16.1. The summed E-state index contributed by atoms with van der Waals surface area (Å²) in [5.41, 5.74) is -1.49. The Bertz CT molecular complexity index is 930. The number of phenols is 1. The lowest BCUT2D eigenvalue weighted by Gasteiger charge is -2.25. The van der Waals surface area contributed by atoms with Crippen molar-refractivity contribution in [3.8, 4) is 5.75 Å². The molecule has 2 aromatic rings. The van der Waals surface area contributed by atoms with Gasteiger partial charge in [0.05, 0.1) is 11.3 Å². The van der Waals surface area contributed by atoms with E-state index < -0.39 is 29.2 Å². The standard InChI is InChI=1S/C19H21F4N5O2/c1-24-17(30)11-7-14(15(29)8-13(11)20)27-18-25-9-12(19(21,22)23)16(28-18)26-10-5-3-2-4-6-10/h7-10,29H,2-6H2,1H3,(H,24,30)(H2,25,26,27,28). The van der Waals surface area contributed by atoms with E-state index in [-0.39, 0.29) is 29.1 Å². The smallest absolute Gasteiger partial charge is 0.421 e. The summed E-state index contributed by atoms with van der Waals surface area (Å²) in [6, 6.07) is 1.61. The third-order valence-electron chi connectivity index (χ3n) is 4.84. The van der Waals surface area contributed by atoms with Gasteiger partial charge in [-0.3, -0.25) is 4.79 Å². The molecular formula is C19H21F4N5O2. The number of alkyl halides is 3. The summed E-state index contributed by atoms with van der Waals surface area (Å²) in [7, 11) is 1.31. The van der Waals surface area contributed by atoms with Crippen LogP contribution in [0.5, 0.6) is 5.75 Å². The normalized spacial score (nSPS) is 15.0. The van der Waals surface area contributed by atoms with Gasteiger partial charge in [-0.15, -0.1) is 0 Å². The number of phenolic OH excluding ortho intramolecular Hbond substituents is 1. The molecule has 0 radical (unpaired) electrons. The number of benzene rings is 1. The summed E-state index contributed by atoms with van der Waals surface area (Å²) in [6.45, 7) is 0. The maximum Gasteiger partial charge on any atom is 0.421 e. The molecule has 7 nitrogen and oxygen atoms in total. The van der Waals surface area contributed by atoms with Crippen LogP contribution in [0.15, 0.2) is 18.3 Å². The Balaban J connectivity index is 1.93. The predicted octanol–water partition coefficient (Wildman–Crippen LogP) is 4.19. The summed E-state index contributed by atoms with van der Waals surface area (Å²) in [5, 5.41) is 17.6. The number of amides is 1. The number of aromatic nitrogens is 2. The quantitative estimate of drug-likeness (QED) is 0.422. The molecule has 0 bridgehead atoms. The van der Waals surface area contributed by atoms with E-state index in [0.29, 0.717) is 6.20 Å². The molecule has 1 aromatic carbocycles. The second-order valence-electron chi connectivity index (χ2n) is 6.99. The second kappa shape index (κ2) is 8.72. The van der Waals surface area contributed by atoms with E-state index in [1.165, 1.54) is 7.05 Å². The number of carbonyl (C=O) groups is 1. The van der Waals surface area contributed by atoms with Crippen LogP contribution in [0.25, 0.3) is 0 Å². The molecule has 4 N–H and O–H groups in total. The van der Waals surface area contributed by atoms with Gasteiger partial charge in [-0.25, -0.2) is 9.37 Å². The first-order chi connectivity index (χ1) is 14.2. The van der Waals surface area contributed by atoms with Crippen LogP contribution in [-0.4, -0.2) is 34.1 Å². The highest BCUT2D eigenvalue weighted by molar-refractivity contribution is 5.95. The number of halogens is 4. The Hall–Kier alpha value is -3.11. The van der Waals surface area contributed by atoms with E-state index in [1.54, 1.807) is 0 Å². The Labute approximate surface area is 169 Å².